The van der Waals surface area contributed by atoms with Crippen molar-refractivity contribution in [2.45, 2.75) is 31.7 Å². The van der Waals surface area contributed by atoms with E-state index in [4.69, 9.17) is 4.74 Å². The van der Waals surface area contributed by atoms with E-state index in [2.05, 4.69) is 41.1 Å². The zero-order chi connectivity index (χ0) is 14.0. The number of fused-ring (bicyclic) bond motifs is 1. The molecule has 1 aromatic rings. The number of hydrogen-bond acceptors (Lipinski definition) is 4. The van der Waals surface area contributed by atoms with E-state index >= 15 is 0 Å². The number of allylic oxidation sites excluding steroid dienone is 1. The lowest BCUT2D eigenvalue weighted by molar-refractivity contribution is 0.381. The van der Waals surface area contributed by atoms with Crippen LogP contribution in [0.2, 0.25) is 0 Å². The summed E-state index contributed by atoms with van der Waals surface area (Å²) in [6.07, 6.45) is 5.56. The molecular weight excluding hydrogens is 250 g/mol. The Labute approximate surface area is 120 Å². The van der Waals surface area contributed by atoms with Gasteiger partial charge >= 0.3 is 0 Å². The third-order valence-electron chi connectivity index (χ3n) is 4.25. The lowest BCUT2D eigenvalue weighted by Crippen LogP contribution is -2.52. The van der Waals surface area contributed by atoms with Gasteiger partial charge < -0.3 is 20.7 Å². The van der Waals surface area contributed by atoms with Crippen LogP contribution in [0, 0.1) is 0 Å². The molecule has 2 aliphatic rings. The van der Waals surface area contributed by atoms with Gasteiger partial charge in [0.2, 0.25) is 0 Å². The zero-order valence-electron chi connectivity index (χ0n) is 12.3. The Morgan fingerprint density at radius 2 is 2.05 bits per heavy atom. The summed E-state index contributed by atoms with van der Waals surface area (Å²) in [5.74, 6) is 0.894. The van der Waals surface area contributed by atoms with Gasteiger partial charge in [-0.05, 0) is 44.5 Å². The van der Waals surface area contributed by atoms with Crippen molar-refractivity contribution < 1.29 is 4.74 Å². The summed E-state index contributed by atoms with van der Waals surface area (Å²) in [4.78, 5) is 0. The first-order valence-electron chi connectivity index (χ1n) is 7.42. The van der Waals surface area contributed by atoms with Gasteiger partial charge in [-0.15, -0.1) is 0 Å². The zero-order valence-corrected chi connectivity index (χ0v) is 12.3. The molecule has 0 aromatic heterocycles. The predicted octanol–water partition coefficient (Wildman–Crippen LogP) is 2.95. The molecule has 4 nitrogen and oxygen atoms in total. The Kier molecular flexibility index (Phi) is 3.57. The Morgan fingerprint density at radius 3 is 2.75 bits per heavy atom. The summed E-state index contributed by atoms with van der Waals surface area (Å²) < 4.78 is 5.34. The first kappa shape index (κ1) is 13.3. The van der Waals surface area contributed by atoms with E-state index in [1.165, 1.54) is 5.70 Å². The quantitative estimate of drug-likeness (QED) is 0.775. The van der Waals surface area contributed by atoms with Crippen LogP contribution in [0.15, 0.2) is 30.0 Å². The standard InChI is InChI=1S/C16H23N3O/c1-3-4-15-16(7-9-17-10-8-16)19-14-11-12(20-2)5-6-13(14)18-15/h4-6,11,17-19H,3,7-10H2,1-2H3/b15-4-. The van der Waals surface area contributed by atoms with Gasteiger partial charge in [0, 0.05) is 11.8 Å². The molecule has 0 unspecified atom stereocenters. The monoisotopic (exact) mass is 273 g/mol. The molecule has 2 aliphatic heterocycles. The fraction of sp³-hybridized carbons (Fsp3) is 0.500. The topological polar surface area (TPSA) is 45.3 Å². The highest BCUT2D eigenvalue weighted by Crippen LogP contribution is 2.41. The summed E-state index contributed by atoms with van der Waals surface area (Å²) in [6, 6.07) is 6.16. The number of hydrogen-bond donors (Lipinski definition) is 3. The first-order chi connectivity index (χ1) is 9.77. The molecule has 108 valence electrons. The molecule has 0 radical (unpaired) electrons. The van der Waals surface area contributed by atoms with Crippen molar-refractivity contribution in [3.05, 3.63) is 30.0 Å². The Balaban J connectivity index is 1.99. The molecule has 0 atom stereocenters. The normalized spacial score (nSPS) is 22.0. The smallest absolute Gasteiger partial charge is 0.121 e. The van der Waals surface area contributed by atoms with Crippen molar-refractivity contribution in [3.8, 4) is 5.75 Å². The van der Waals surface area contributed by atoms with Crippen LogP contribution in [0.3, 0.4) is 0 Å². The van der Waals surface area contributed by atoms with E-state index in [-0.39, 0.29) is 5.54 Å². The van der Waals surface area contributed by atoms with Gasteiger partial charge in [0.05, 0.1) is 24.0 Å². The molecule has 1 fully saturated rings. The summed E-state index contributed by atoms with van der Waals surface area (Å²) in [7, 11) is 1.71. The maximum Gasteiger partial charge on any atom is 0.121 e. The van der Waals surface area contributed by atoms with E-state index in [1.807, 2.05) is 6.07 Å². The molecule has 0 bridgehead atoms. The number of methoxy groups -OCH3 is 1. The fourth-order valence-electron chi connectivity index (χ4n) is 3.15. The minimum atomic E-state index is 0.0423. The van der Waals surface area contributed by atoms with Crippen LogP contribution in [0.4, 0.5) is 11.4 Å². The van der Waals surface area contributed by atoms with Crippen LogP contribution in [0.1, 0.15) is 26.2 Å². The van der Waals surface area contributed by atoms with Gasteiger partial charge in [-0.25, -0.2) is 0 Å². The Bertz CT molecular complexity index is 518. The highest BCUT2D eigenvalue weighted by atomic mass is 16.5. The molecule has 2 heterocycles. The molecule has 4 heteroatoms. The predicted molar refractivity (Wildman–Crippen MR) is 83.4 cm³/mol. The van der Waals surface area contributed by atoms with Gasteiger partial charge in [0.15, 0.2) is 0 Å². The van der Waals surface area contributed by atoms with Gasteiger partial charge in [0.1, 0.15) is 5.75 Å². The van der Waals surface area contributed by atoms with Crippen molar-refractivity contribution in [2.75, 3.05) is 30.8 Å². The van der Waals surface area contributed by atoms with Crippen molar-refractivity contribution in [3.63, 3.8) is 0 Å². The van der Waals surface area contributed by atoms with Crippen LogP contribution in [0.25, 0.3) is 0 Å². The Morgan fingerprint density at radius 1 is 1.25 bits per heavy atom. The molecule has 1 aromatic carbocycles. The number of nitrogens with one attached hydrogen (secondary N) is 3. The number of rotatable bonds is 2. The maximum absolute atomic E-state index is 5.34. The summed E-state index contributed by atoms with van der Waals surface area (Å²) in [5.41, 5.74) is 3.63. The van der Waals surface area contributed by atoms with Gasteiger partial charge in [-0.3, -0.25) is 0 Å². The molecule has 0 amide bonds. The van der Waals surface area contributed by atoms with E-state index in [1.54, 1.807) is 7.11 Å². The van der Waals surface area contributed by atoms with Crippen molar-refractivity contribution in [1.82, 2.24) is 5.32 Å². The molecule has 3 N–H and O–H groups in total. The van der Waals surface area contributed by atoms with E-state index in [0.29, 0.717) is 0 Å². The molecule has 20 heavy (non-hydrogen) atoms. The molecule has 0 saturated carbocycles. The largest absolute Gasteiger partial charge is 0.497 e. The summed E-state index contributed by atoms with van der Waals surface area (Å²) in [5, 5.41) is 10.8. The summed E-state index contributed by atoms with van der Waals surface area (Å²) in [6.45, 7) is 4.29. The van der Waals surface area contributed by atoms with Gasteiger partial charge in [-0.1, -0.05) is 13.0 Å². The van der Waals surface area contributed by atoms with Crippen molar-refractivity contribution in [2.24, 2.45) is 0 Å². The highest BCUT2D eigenvalue weighted by molar-refractivity contribution is 5.78. The molecule has 1 spiro atoms. The number of ether oxygens (including phenoxy) is 1. The van der Waals surface area contributed by atoms with Crippen LogP contribution in [-0.2, 0) is 0 Å². The Hall–Kier alpha value is -1.68. The third-order valence-corrected chi connectivity index (χ3v) is 4.25. The SMILES string of the molecule is CC/C=C1\Nc2ccc(OC)cc2NC12CCNCC2. The van der Waals surface area contributed by atoms with E-state index < -0.39 is 0 Å². The average Bonchev–Trinajstić information content (AvgIpc) is 2.49. The highest BCUT2D eigenvalue weighted by Gasteiger charge is 2.39. The van der Waals surface area contributed by atoms with Gasteiger partial charge in [-0.2, -0.15) is 0 Å². The van der Waals surface area contributed by atoms with Crippen molar-refractivity contribution >= 4 is 11.4 Å². The van der Waals surface area contributed by atoms with Crippen LogP contribution >= 0.6 is 0 Å². The first-order valence-corrected chi connectivity index (χ1v) is 7.42. The average molecular weight is 273 g/mol. The second-order valence-electron chi connectivity index (χ2n) is 5.52. The molecule has 1 saturated heterocycles. The minimum absolute atomic E-state index is 0.0423. The van der Waals surface area contributed by atoms with E-state index in [9.17, 15) is 0 Å². The third kappa shape index (κ3) is 2.24. The van der Waals surface area contributed by atoms with Crippen LogP contribution in [-0.4, -0.2) is 25.7 Å². The number of benzene rings is 1. The van der Waals surface area contributed by atoms with Crippen LogP contribution < -0.4 is 20.7 Å². The fourth-order valence-corrected chi connectivity index (χ4v) is 3.15. The van der Waals surface area contributed by atoms with E-state index in [0.717, 1.165) is 49.5 Å². The summed E-state index contributed by atoms with van der Waals surface area (Å²) >= 11 is 0. The molecule has 0 aliphatic carbocycles. The van der Waals surface area contributed by atoms with Crippen molar-refractivity contribution in [1.29, 1.82) is 0 Å². The second kappa shape index (κ2) is 5.37. The second-order valence-corrected chi connectivity index (χ2v) is 5.52. The van der Waals surface area contributed by atoms with Crippen LogP contribution in [0.5, 0.6) is 5.75 Å². The lowest BCUT2D eigenvalue weighted by Gasteiger charge is -2.45. The number of piperidine rings is 1. The molecule has 3 rings (SSSR count). The number of anilines is 2. The lowest BCUT2D eigenvalue weighted by atomic mass is 9.82. The molecular formula is C16H23N3O. The van der Waals surface area contributed by atoms with Gasteiger partial charge in [0.25, 0.3) is 0 Å². The minimum Gasteiger partial charge on any atom is -0.497 e. The maximum atomic E-state index is 5.34.